The van der Waals surface area contributed by atoms with Crippen molar-refractivity contribution in [3.05, 3.63) is 41.5 Å². The number of fused-ring (bicyclic) bond motifs is 1. The highest BCUT2D eigenvalue weighted by Gasteiger charge is 2.24. The summed E-state index contributed by atoms with van der Waals surface area (Å²) >= 11 is 0. The van der Waals surface area contributed by atoms with E-state index in [9.17, 15) is 4.39 Å². The highest BCUT2D eigenvalue weighted by atomic mass is 19.1. The molecule has 0 radical (unpaired) electrons. The maximum atomic E-state index is 13.1. The minimum absolute atomic E-state index is 0.0239. The molecule has 2 aromatic rings. The predicted molar refractivity (Wildman–Crippen MR) is 67.3 cm³/mol. The molecule has 0 saturated heterocycles. The number of halogens is 1. The van der Waals surface area contributed by atoms with Crippen LogP contribution in [0.2, 0.25) is 0 Å². The monoisotopic (exact) mass is 262 g/mol. The number of hydrogen-bond acceptors (Lipinski definition) is 4. The zero-order valence-electron chi connectivity index (χ0n) is 10.4. The summed E-state index contributed by atoms with van der Waals surface area (Å²) < 4.78 is 20.6. The SMILES string of the molecule is NCCc1cn(CC2Cc3cc(F)ccc3O2)nn1. The second-order valence-corrected chi connectivity index (χ2v) is 4.67. The molecule has 1 aliphatic rings. The van der Waals surface area contributed by atoms with E-state index in [4.69, 9.17) is 10.5 Å². The molecule has 1 aromatic heterocycles. The van der Waals surface area contributed by atoms with Gasteiger partial charge < -0.3 is 10.5 Å². The van der Waals surface area contributed by atoms with Crippen molar-refractivity contribution in [2.75, 3.05) is 6.54 Å². The van der Waals surface area contributed by atoms with Gasteiger partial charge in [-0.2, -0.15) is 0 Å². The van der Waals surface area contributed by atoms with E-state index in [-0.39, 0.29) is 11.9 Å². The van der Waals surface area contributed by atoms with Crippen LogP contribution in [0.4, 0.5) is 4.39 Å². The molecule has 6 heteroatoms. The number of nitrogens with zero attached hydrogens (tertiary/aromatic N) is 3. The first-order valence-corrected chi connectivity index (χ1v) is 6.29. The van der Waals surface area contributed by atoms with Gasteiger partial charge >= 0.3 is 0 Å². The Kier molecular flexibility index (Phi) is 3.16. The van der Waals surface area contributed by atoms with Crippen molar-refractivity contribution in [3.8, 4) is 5.75 Å². The van der Waals surface area contributed by atoms with Gasteiger partial charge in [0.1, 0.15) is 17.7 Å². The lowest BCUT2D eigenvalue weighted by Gasteiger charge is -2.09. The zero-order valence-corrected chi connectivity index (χ0v) is 10.4. The fraction of sp³-hybridized carbons (Fsp3) is 0.385. The van der Waals surface area contributed by atoms with Gasteiger partial charge in [0.15, 0.2) is 0 Å². The van der Waals surface area contributed by atoms with Gasteiger partial charge in [0.05, 0.1) is 12.2 Å². The summed E-state index contributed by atoms with van der Waals surface area (Å²) in [6.45, 7) is 1.16. The number of aromatic nitrogens is 3. The van der Waals surface area contributed by atoms with E-state index in [1.54, 1.807) is 10.7 Å². The second kappa shape index (κ2) is 4.97. The Morgan fingerprint density at radius 3 is 3.21 bits per heavy atom. The lowest BCUT2D eigenvalue weighted by atomic mass is 10.1. The van der Waals surface area contributed by atoms with E-state index in [0.717, 1.165) is 23.4 Å². The van der Waals surface area contributed by atoms with Crippen LogP contribution < -0.4 is 10.5 Å². The molecule has 1 aliphatic heterocycles. The number of nitrogens with two attached hydrogens (primary N) is 1. The van der Waals surface area contributed by atoms with Crippen molar-refractivity contribution < 1.29 is 9.13 Å². The van der Waals surface area contributed by atoms with Crippen molar-refractivity contribution >= 4 is 0 Å². The smallest absolute Gasteiger partial charge is 0.123 e. The van der Waals surface area contributed by atoms with Crippen LogP contribution in [0.25, 0.3) is 0 Å². The molecule has 0 spiro atoms. The van der Waals surface area contributed by atoms with Gasteiger partial charge in [-0.3, -0.25) is 0 Å². The second-order valence-electron chi connectivity index (χ2n) is 4.67. The summed E-state index contributed by atoms with van der Waals surface area (Å²) in [5, 5.41) is 8.06. The molecule has 0 saturated carbocycles. The van der Waals surface area contributed by atoms with Crippen molar-refractivity contribution in [2.45, 2.75) is 25.5 Å². The van der Waals surface area contributed by atoms with Gasteiger partial charge in [0.2, 0.25) is 0 Å². The Hall–Kier alpha value is -1.95. The molecular weight excluding hydrogens is 247 g/mol. The Morgan fingerprint density at radius 2 is 2.37 bits per heavy atom. The summed E-state index contributed by atoms with van der Waals surface area (Å²) in [6, 6.07) is 4.61. The van der Waals surface area contributed by atoms with E-state index < -0.39 is 0 Å². The van der Waals surface area contributed by atoms with E-state index in [1.807, 2.05) is 6.20 Å². The maximum absolute atomic E-state index is 13.1. The number of ether oxygens (including phenoxy) is 1. The molecule has 3 rings (SSSR count). The minimum Gasteiger partial charge on any atom is -0.488 e. The first-order chi connectivity index (χ1) is 9.24. The number of benzene rings is 1. The third kappa shape index (κ3) is 2.58. The van der Waals surface area contributed by atoms with Crippen LogP contribution in [0.1, 0.15) is 11.3 Å². The summed E-state index contributed by atoms with van der Waals surface area (Å²) in [5.41, 5.74) is 7.26. The normalized spacial score (nSPS) is 17.3. The molecule has 0 bridgehead atoms. The molecule has 0 amide bonds. The Balaban J connectivity index is 1.66. The lowest BCUT2D eigenvalue weighted by molar-refractivity contribution is 0.202. The quantitative estimate of drug-likeness (QED) is 0.890. The fourth-order valence-electron chi connectivity index (χ4n) is 2.29. The molecule has 1 unspecified atom stereocenters. The number of rotatable bonds is 4. The molecule has 2 N–H and O–H groups in total. The highest BCUT2D eigenvalue weighted by Crippen LogP contribution is 2.29. The van der Waals surface area contributed by atoms with Crippen LogP contribution in [0.3, 0.4) is 0 Å². The molecular formula is C13H15FN4O. The summed E-state index contributed by atoms with van der Waals surface area (Å²) in [5.74, 6) is 0.530. The van der Waals surface area contributed by atoms with Crippen molar-refractivity contribution in [1.29, 1.82) is 0 Å². The van der Waals surface area contributed by atoms with E-state index >= 15 is 0 Å². The summed E-state index contributed by atoms with van der Waals surface area (Å²) in [6.07, 6.45) is 3.26. The Labute approximate surface area is 110 Å². The molecule has 100 valence electrons. The lowest BCUT2D eigenvalue weighted by Crippen LogP contribution is -2.21. The van der Waals surface area contributed by atoms with Crippen LogP contribution in [-0.4, -0.2) is 27.6 Å². The van der Waals surface area contributed by atoms with E-state index in [0.29, 0.717) is 19.5 Å². The number of hydrogen-bond donors (Lipinski definition) is 1. The van der Waals surface area contributed by atoms with Crippen LogP contribution in [0.15, 0.2) is 24.4 Å². The summed E-state index contributed by atoms with van der Waals surface area (Å²) in [4.78, 5) is 0. The molecule has 0 fully saturated rings. The third-order valence-electron chi connectivity index (χ3n) is 3.14. The fourth-order valence-corrected chi connectivity index (χ4v) is 2.29. The molecule has 1 aromatic carbocycles. The topological polar surface area (TPSA) is 66.0 Å². The first-order valence-electron chi connectivity index (χ1n) is 6.29. The molecule has 0 aliphatic carbocycles. The Bertz CT molecular complexity index is 584. The van der Waals surface area contributed by atoms with Gasteiger partial charge in [-0.15, -0.1) is 5.10 Å². The van der Waals surface area contributed by atoms with Gasteiger partial charge in [-0.05, 0) is 24.7 Å². The zero-order chi connectivity index (χ0) is 13.2. The van der Waals surface area contributed by atoms with Crippen LogP contribution in [-0.2, 0) is 19.4 Å². The minimum atomic E-state index is -0.228. The molecule has 5 nitrogen and oxygen atoms in total. The van der Waals surface area contributed by atoms with E-state index in [1.165, 1.54) is 12.1 Å². The van der Waals surface area contributed by atoms with Crippen molar-refractivity contribution in [2.24, 2.45) is 5.73 Å². The standard InChI is InChI=1S/C13H15FN4O/c14-10-1-2-13-9(5-10)6-12(19-13)8-18-7-11(3-4-15)16-17-18/h1-2,5,7,12H,3-4,6,8,15H2. The van der Waals surface area contributed by atoms with Crippen molar-refractivity contribution in [3.63, 3.8) is 0 Å². The van der Waals surface area contributed by atoms with Gasteiger partial charge in [-0.25, -0.2) is 9.07 Å². The van der Waals surface area contributed by atoms with Gasteiger partial charge in [-0.1, -0.05) is 5.21 Å². The predicted octanol–water partition coefficient (Wildman–Crippen LogP) is 0.922. The molecule has 1 atom stereocenters. The van der Waals surface area contributed by atoms with Gasteiger partial charge in [0.25, 0.3) is 0 Å². The van der Waals surface area contributed by atoms with Gasteiger partial charge in [0, 0.05) is 24.6 Å². The van der Waals surface area contributed by atoms with Crippen LogP contribution in [0, 0.1) is 5.82 Å². The molecule has 2 heterocycles. The Morgan fingerprint density at radius 1 is 1.47 bits per heavy atom. The van der Waals surface area contributed by atoms with Crippen molar-refractivity contribution in [1.82, 2.24) is 15.0 Å². The third-order valence-corrected chi connectivity index (χ3v) is 3.14. The average Bonchev–Trinajstić information content (AvgIpc) is 2.96. The van der Waals surface area contributed by atoms with Crippen LogP contribution >= 0.6 is 0 Å². The highest BCUT2D eigenvalue weighted by molar-refractivity contribution is 5.37. The van der Waals surface area contributed by atoms with Crippen LogP contribution in [0.5, 0.6) is 5.75 Å². The maximum Gasteiger partial charge on any atom is 0.123 e. The average molecular weight is 262 g/mol. The van der Waals surface area contributed by atoms with E-state index in [2.05, 4.69) is 10.3 Å². The first kappa shape index (κ1) is 12.1. The summed E-state index contributed by atoms with van der Waals surface area (Å²) in [7, 11) is 0. The largest absolute Gasteiger partial charge is 0.488 e. The molecule has 19 heavy (non-hydrogen) atoms.